The molecule has 0 amide bonds. The van der Waals surface area contributed by atoms with Crippen molar-refractivity contribution in [1.82, 2.24) is 0 Å². The summed E-state index contributed by atoms with van der Waals surface area (Å²) in [5, 5.41) is 2.00. The van der Waals surface area contributed by atoms with Gasteiger partial charge in [-0.2, -0.15) is 0 Å². The number of thioether (sulfide) groups is 1. The Bertz CT molecular complexity index is 127. The molecule has 9 heavy (non-hydrogen) atoms. The third-order valence-electron chi connectivity index (χ3n) is 0.847. The number of allylic oxidation sites excluding steroid dienone is 1. The van der Waals surface area contributed by atoms with Crippen LogP contribution in [0.25, 0.3) is 0 Å². The summed E-state index contributed by atoms with van der Waals surface area (Å²) in [4.78, 5) is 10.5. The van der Waals surface area contributed by atoms with Crippen LogP contribution in [-0.2, 0) is 4.79 Å². The normalized spacial score (nSPS) is 11.7. The molecule has 0 aromatic heterocycles. The molecule has 0 radical (unpaired) electrons. The van der Waals surface area contributed by atoms with Gasteiger partial charge in [-0.15, -0.1) is 11.8 Å². The first-order valence-electron chi connectivity index (χ1n) is 2.84. The van der Waals surface area contributed by atoms with Gasteiger partial charge in [0.25, 0.3) is 0 Å². The van der Waals surface area contributed by atoms with Crippen molar-refractivity contribution in [2.75, 3.05) is 6.26 Å². The van der Waals surface area contributed by atoms with E-state index in [2.05, 4.69) is 0 Å². The Balaban J connectivity index is 3.62. The fraction of sp³-hybridized carbons (Fsp3) is 0.571. The summed E-state index contributed by atoms with van der Waals surface area (Å²) < 4.78 is 0. The van der Waals surface area contributed by atoms with Crippen LogP contribution in [0.1, 0.15) is 20.3 Å². The number of Topliss-reactive ketones (excluding diaryl/α,β-unsaturated/α-hetero) is 1. The highest BCUT2D eigenvalue weighted by molar-refractivity contribution is 8.01. The van der Waals surface area contributed by atoms with Gasteiger partial charge in [-0.25, -0.2) is 0 Å². The van der Waals surface area contributed by atoms with Gasteiger partial charge in [0.15, 0.2) is 0 Å². The van der Waals surface area contributed by atoms with Gasteiger partial charge < -0.3 is 0 Å². The summed E-state index contributed by atoms with van der Waals surface area (Å²) in [5.74, 6) is 0.234. The molecule has 0 fully saturated rings. The summed E-state index contributed by atoms with van der Waals surface area (Å²) in [5.41, 5.74) is 1.15. The van der Waals surface area contributed by atoms with Crippen LogP contribution in [0.15, 0.2) is 11.0 Å². The van der Waals surface area contributed by atoms with Crippen LogP contribution in [0.3, 0.4) is 0 Å². The van der Waals surface area contributed by atoms with E-state index < -0.39 is 0 Å². The Morgan fingerprint density at radius 3 is 2.44 bits per heavy atom. The Morgan fingerprint density at radius 1 is 1.56 bits per heavy atom. The molecule has 0 saturated carbocycles. The Hall–Kier alpha value is -0.240. The highest BCUT2D eigenvalue weighted by Crippen LogP contribution is 2.06. The van der Waals surface area contributed by atoms with Gasteiger partial charge in [-0.05, 0) is 25.5 Å². The van der Waals surface area contributed by atoms with E-state index in [9.17, 15) is 4.79 Å². The zero-order valence-electron chi connectivity index (χ0n) is 6.10. The summed E-state index contributed by atoms with van der Waals surface area (Å²) >= 11 is 1.64. The quantitative estimate of drug-likeness (QED) is 0.604. The van der Waals surface area contributed by atoms with E-state index in [0.29, 0.717) is 6.42 Å². The van der Waals surface area contributed by atoms with Crippen molar-refractivity contribution >= 4 is 17.5 Å². The lowest BCUT2D eigenvalue weighted by Gasteiger charge is -1.92. The third kappa shape index (κ3) is 5.63. The molecule has 0 atom stereocenters. The smallest absolute Gasteiger partial charge is 0.133 e. The van der Waals surface area contributed by atoms with Gasteiger partial charge >= 0.3 is 0 Å². The van der Waals surface area contributed by atoms with Gasteiger partial charge in [-0.3, -0.25) is 4.79 Å². The minimum absolute atomic E-state index is 0.234. The van der Waals surface area contributed by atoms with E-state index in [1.807, 2.05) is 18.6 Å². The molecule has 0 N–H and O–H groups in total. The SMILES string of the molecule is CS/C=C(\C)CC(C)=O. The van der Waals surface area contributed by atoms with Gasteiger partial charge in [0.05, 0.1) is 0 Å². The average molecular weight is 144 g/mol. The molecule has 0 aliphatic rings. The topological polar surface area (TPSA) is 17.1 Å². The lowest BCUT2D eigenvalue weighted by atomic mass is 10.2. The third-order valence-corrected chi connectivity index (χ3v) is 1.48. The molecule has 0 aromatic rings. The van der Waals surface area contributed by atoms with Gasteiger partial charge in [-0.1, -0.05) is 5.57 Å². The molecule has 0 rings (SSSR count). The zero-order valence-corrected chi connectivity index (χ0v) is 6.92. The maximum absolute atomic E-state index is 10.5. The molecule has 0 aromatic carbocycles. The Labute approximate surface area is 60.5 Å². The molecule has 52 valence electrons. The molecule has 0 spiro atoms. The first-order valence-corrected chi connectivity index (χ1v) is 4.13. The number of carbonyl (C=O) groups excluding carboxylic acids is 1. The van der Waals surface area contributed by atoms with Crippen molar-refractivity contribution in [3.05, 3.63) is 11.0 Å². The van der Waals surface area contributed by atoms with Gasteiger partial charge in [0, 0.05) is 6.42 Å². The first-order chi connectivity index (χ1) is 4.16. The number of hydrogen-bond acceptors (Lipinski definition) is 2. The van der Waals surface area contributed by atoms with Crippen LogP contribution in [0.2, 0.25) is 0 Å². The van der Waals surface area contributed by atoms with Crippen LogP contribution in [-0.4, -0.2) is 12.0 Å². The molecule has 0 aliphatic carbocycles. The largest absolute Gasteiger partial charge is 0.300 e. The molecule has 0 saturated heterocycles. The predicted molar refractivity (Wildman–Crippen MR) is 42.6 cm³/mol. The van der Waals surface area contributed by atoms with E-state index in [1.165, 1.54) is 0 Å². The maximum atomic E-state index is 10.5. The second-order valence-electron chi connectivity index (χ2n) is 2.08. The lowest BCUT2D eigenvalue weighted by Crippen LogP contribution is -1.88. The van der Waals surface area contributed by atoms with Crippen molar-refractivity contribution < 1.29 is 4.79 Å². The van der Waals surface area contributed by atoms with Crippen LogP contribution < -0.4 is 0 Å². The highest BCUT2D eigenvalue weighted by atomic mass is 32.2. The summed E-state index contributed by atoms with van der Waals surface area (Å²) in [6.45, 7) is 3.58. The summed E-state index contributed by atoms with van der Waals surface area (Å²) in [7, 11) is 0. The number of hydrogen-bond donors (Lipinski definition) is 0. The summed E-state index contributed by atoms with van der Waals surface area (Å²) in [6.07, 6.45) is 2.59. The van der Waals surface area contributed by atoms with E-state index in [-0.39, 0.29) is 5.78 Å². The van der Waals surface area contributed by atoms with E-state index in [1.54, 1.807) is 18.7 Å². The maximum Gasteiger partial charge on any atom is 0.133 e. The standard InChI is InChI=1S/C7H12OS/c1-6(5-9-3)4-7(2)8/h5H,4H2,1-3H3/b6-5+. The number of rotatable bonds is 3. The predicted octanol–water partition coefficient (Wildman–Crippen LogP) is 2.23. The average Bonchev–Trinajstić information content (AvgIpc) is 1.63. The lowest BCUT2D eigenvalue weighted by molar-refractivity contribution is -0.116. The van der Waals surface area contributed by atoms with E-state index in [0.717, 1.165) is 5.57 Å². The molecular weight excluding hydrogens is 132 g/mol. The van der Waals surface area contributed by atoms with Crippen LogP contribution in [0.4, 0.5) is 0 Å². The van der Waals surface area contributed by atoms with Crippen molar-refractivity contribution in [2.45, 2.75) is 20.3 Å². The molecule has 0 heterocycles. The van der Waals surface area contributed by atoms with Crippen molar-refractivity contribution in [2.24, 2.45) is 0 Å². The van der Waals surface area contributed by atoms with Crippen LogP contribution in [0.5, 0.6) is 0 Å². The van der Waals surface area contributed by atoms with Gasteiger partial charge in [0.1, 0.15) is 5.78 Å². The number of ketones is 1. The van der Waals surface area contributed by atoms with Gasteiger partial charge in [0.2, 0.25) is 0 Å². The molecule has 0 aliphatic heterocycles. The zero-order chi connectivity index (χ0) is 7.28. The fourth-order valence-electron chi connectivity index (χ4n) is 0.636. The summed E-state index contributed by atoms with van der Waals surface area (Å²) in [6, 6.07) is 0. The minimum Gasteiger partial charge on any atom is -0.300 e. The monoisotopic (exact) mass is 144 g/mol. The van der Waals surface area contributed by atoms with E-state index >= 15 is 0 Å². The first kappa shape index (κ1) is 8.76. The van der Waals surface area contributed by atoms with E-state index in [4.69, 9.17) is 0 Å². The van der Waals surface area contributed by atoms with Crippen molar-refractivity contribution in [3.63, 3.8) is 0 Å². The molecule has 1 nitrogen and oxygen atoms in total. The van der Waals surface area contributed by atoms with Crippen LogP contribution in [0, 0.1) is 0 Å². The molecule has 0 unspecified atom stereocenters. The minimum atomic E-state index is 0.234. The second-order valence-corrected chi connectivity index (χ2v) is 2.79. The van der Waals surface area contributed by atoms with Crippen molar-refractivity contribution in [1.29, 1.82) is 0 Å². The number of carbonyl (C=O) groups is 1. The second kappa shape index (κ2) is 4.62. The Morgan fingerprint density at radius 2 is 2.11 bits per heavy atom. The highest BCUT2D eigenvalue weighted by Gasteiger charge is 1.92. The molecular formula is C7H12OS. The molecule has 0 bridgehead atoms. The van der Waals surface area contributed by atoms with Crippen LogP contribution >= 0.6 is 11.8 Å². The molecule has 2 heteroatoms. The fourth-order valence-corrected chi connectivity index (χ4v) is 1.12. The van der Waals surface area contributed by atoms with Crippen molar-refractivity contribution in [3.8, 4) is 0 Å². The Kier molecular flexibility index (Phi) is 4.50.